The Balaban J connectivity index is 1.49. The van der Waals surface area contributed by atoms with E-state index in [-0.39, 0.29) is 45.4 Å². The summed E-state index contributed by atoms with van der Waals surface area (Å²) in [5.74, 6) is 2.34. The molecule has 4 heterocycles. The van der Waals surface area contributed by atoms with Crippen molar-refractivity contribution in [2.24, 2.45) is 0 Å². The summed E-state index contributed by atoms with van der Waals surface area (Å²) in [6.07, 6.45) is 5.42. The summed E-state index contributed by atoms with van der Waals surface area (Å²) in [5, 5.41) is 27.7. The van der Waals surface area contributed by atoms with E-state index >= 15 is 0 Å². The summed E-state index contributed by atoms with van der Waals surface area (Å²) in [6.45, 7) is 0. The highest BCUT2D eigenvalue weighted by atomic mass is 15.0. The van der Waals surface area contributed by atoms with Crippen LogP contribution in [0.4, 0.5) is 0 Å². The number of rotatable bonds is 1. The van der Waals surface area contributed by atoms with Gasteiger partial charge in [0, 0.05) is 0 Å². The van der Waals surface area contributed by atoms with Gasteiger partial charge in [0.25, 0.3) is 0 Å². The highest BCUT2D eigenvalue weighted by molar-refractivity contribution is 5.90. The van der Waals surface area contributed by atoms with Gasteiger partial charge in [-0.3, -0.25) is 0 Å². The Morgan fingerprint density at radius 1 is 0.472 bits per heavy atom. The Labute approximate surface area is 201 Å². The van der Waals surface area contributed by atoms with Gasteiger partial charge >= 0.3 is 0 Å². The summed E-state index contributed by atoms with van der Waals surface area (Å²) in [4.78, 5) is 34.6. The van der Waals surface area contributed by atoms with Gasteiger partial charge in [-0.15, -0.1) is 6.42 Å². The highest BCUT2D eigenvalue weighted by Gasteiger charge is 2.13. The van der Waals surface area contributed by atoms with Gasteiger partial charge in [-0.25, -0.2) is 39.9 Å². The molecule has 0 N–H and O–H groups in total. The summed E-state index contributed by atoms with van der Waals surface area (Å²) in [7, 11) is 0. The predicted molar refractivity (Wildman–Crippen MR) is 126 cm³/mol. The molecule has 0 fully saturated rings. The SMILES string of the molecule is C#Cc1nc2nc3ccc(-c4ccc5nc6nc(C#N)c(C#N)nc6nc5c4)cc3nc2nc1C#N. The number of fused-ring (bicyclic) bond motifs is 4. The molecule has 0 unspecified atom stereocenters. The molecule has 4 aromatic heterocycles. The smallest absolute Gasteiger partial charge is 0.199 e. The minimum atomic E-state index is -0.104. The van der Waals surface area contributed by atoms with Gasteiger partial charge in [0.2, 0.25) is 0 Å². The Morgan fingerprint density at radius 2 is 0.833 bits per heavy atom. The summed E-state index contributed by atoms with van der Waals surface area (Å²) in [5.41, 5.74) is 4.67. The van der Waals surface area contributed by atoms with Crippen molar-refractivity contribution in [3.8, 4) is 41.7 Å². The van der Waals surface area contributed by atoms with E-state index < -0.39 is 0 Å². The van der Waals surface area contributed by atoms with Crippen LogP contribution in [0.2, 0.25) is 0 Å². The quantitative estimate of drug-likeness (QED) is 0.260. The number of hydrogen-bond donors (Lipinski definition) is 0. The number of nitrogens with zero attached hydrogens (tertiary/aromatic N) is 11. The van der Waals surface area contributed by atoms with Gasteiger partial charge in [0.15, 0.2) is 45.4 Å². The zero-order valence-electron chi connectivity index (χ0n) is 18.0. The van der Waals surface area contributed by atoms with E-state index in [2.05, 4.69) is 45.8 Å². The van der Waals surface area contributed by atoms with Gasteiger partial charge in [-0.05, 0) is 41.3 Å². The first-order chi connectivity index (χ1) is 17.6. The molecule has 36 heavy (non-hydrogen) atoms. The third-order valence-corrected chi connectivity index (χ3v) is 5.36. The first-order valence-corrected chi connectivity index (χ1v) is 10.3. The van der Waals surface area contributed by atoms with Crippen LogP contribution in [0, 0.1) is 46.3 Å². The number of aromatic nitrogens is 8. The van der Waals surface area contributed by atoms with Crippen LogP contribution in [0.1, 0.15) is 22.8 Å². The fourth-order valence-electron chi connectivity index (χ4n) is 3.70. The van der Waals surface area contributed by atoms with Crippen LogP contribution >= 0.6 is 0 Å². The van der Waals surface area contributed by atoms with Crippen molar-refractivity contribution in [1.82, 2.24) is 39.9 Å². The number of terminal acetylenes is 1. The molecule has 2 aromatic carbocycles. The zero-order valence-corrected chi connectivity index (χ0v) is 18.0. The van der Waals surface area contributed by atoms with E-state index in [1.54, 1.807) is 12.1 Å². The second kappa shape index (κ2) is 7.71. The van der Waals surface area contributed by atoms with E-state index in [4.69, 9.17) is 6.42 Å². The predicted octanol–water partition coefficient (Wildman–Crippen LogP) is 2.72. The lowest BCUT2D eigenvalue weighted by atomic mass is 10.0. The van der Waals surface area contributed by atoms with Gasteiger partial charge in [0.05, 0.1) is 22.1 Å². The lowest BCUT2D eigenvalue weighted by Gasteiger charge is -2.07. The van der Waals surface area contributed by atoms with Crippen molar-refractivity contribution in [2.75, 3.05) is 0 Å². The molecule has 0 saturated heterocycles. The van der Waals surface area contributed by atoms with Crippen molar-refractivity contribution in [1.29, 1.82) is 15.8 Å². The molecule has 11 heteroatoms. The van der Waals surface area contributed by atoms with Crippen molar-refractivity contribution >= 4 is 44.7 Å². The number of nitriles is 3. The molecule has 0 aliphatic heterocycles. The van der Waals surface area contributed by atoms with Crippen LogP contribution in [0.3, 0.4) is 0 Å². The number of hydrogen-bond acceptors (Lipinski definition) is 11. The third kappa shape index (κ3) is 3.14. The van der Waals surface area contributed by atoms with E-state index in [1.165, 1.54) is 0 Å². The minimum absolute atomic E-state index is 0.0136. The summed E-state index contributed by atoms with van der Waals surface area (Å²) in [6, 6.07) is 16.6. The van der Waals surface area contributed by atoms with Crippen molar-refractivity contribution in [3.63, 3.8) is 0 Å². The molecule has 0 aliphatic carbocycles. The molecular weight excluding hydrogens is 454 g/mol. The van der Waals surface area contributed by atoms with Crippen LogP contribution in [-0.2, 0) is 0 Å². The topological polar surface area (TPSA) is 174 Å². The van der Waals surface area contributed by atoms with Crippen molar-refractivity contribution in [2.45, 2.75) is 0 Å². The molecule has 0 radical (unpaired) electrons. The van der Waals surface area contributed by atoms with E-state index in [9.17, 15) is 15.8 Å². The van der Waals surface area contributed by atoms with Gasteiger partial charge in [0.1, 0.15) is 18.2 Å². The Bertz CT molecular complexity index is 1950. The van der Waals surface area contributed by atoms with Crippen LogP contribution in [0.15, 0.2) is 36.4 Å². The lowest BCUT2D eigenvalue weighted by Crippen LogP contribution is -2.00. The van der Waals surface area contributed by atoms with Gasteiger partial charge in [-0.1, -0.05) is 12.1 Å². The monoisotopic (exact) mass is 461 g/mol. The largest absolute Gasteiger partial charge is 0.224 e. The molecule has 0 saturated carbocycles. The van der Waals surface area contributed by atoms with E-state index in [0.717, 1.165) is 11.1 Å². The Morgan fingerprint density at radius 3 is 1.22 bits per heavy atom. The van der Waals surface area contributed by atoms with Gasteiger partial charge < -0.3 is 0 Å². The number of benzene rings is 2. The molecule has 0 bridgehead atoms. The Hall–Kier alpha value is -6.17. The third-order valence-electron chi connectivity index (χ3n) is 5.36. The Kier molecular flexibility index (Phi) is 4.37. The second-order valence-corrected chi connectivity index (χ2v) is 7.47. The standard InChI is InChI=1S/C25H7N11/c1-2-14-19(9-26)34-24-22(29-14)30-15-5-3-12(7-17(15)32-24)13-4-6-16-18(8-13)33-25-23(31-16)35-20(10-27)21(11-28)36-25/h1,3-8H. The second-order valence-electron chi connectivity index (χ2n) is 7.47. The molecule has 6 rings (SSSR count). The molecule has 6 aromatic rings. The van der Waals surface area contributed by atoms with Gasteiger partial charge in [-0.2, -0.15) is 15.8 Å². The summed E-state index contributed by atoms with van der Waals surface area (Å²) >= 11 is 0. The zero-order chi connectivity index (χ0) is 24.8. The van der Waals surface area contributed by atoms with Crippen LogP contribution in [-0.4, -0.2) is 39.9 Å². The highest BCUT2D eigenvalue weighted by Crippen LogP contribution is 2.27. The first kappa shape index (κ1) is 20.4. The van der Waals surface area contributed by atoms with E-state index in [1.807, 2.05) is 42.5 Å². The first-order valence-electron chi connectivity index (χ1n) is 10.3. The van der Waals surface area contributed by atoms with Crippen LogP contribution < -0.4 is 0 Å². The molecule has 0 atom stereocenters. The molecule has 0 amide bonds. The average molecular weight is 461 g/mol. The molecular formula is C25H7N11. The maximum absolute atomic E-state index is 9.28. The van der Waals surface area contributed by atoms with Crippen LogP contribution in [0.25, 0.3) is 55.8 Å². The molecule has 0 aliphatic rings. The molecule has 162 valence electrons. The fourth-order valence-corrected chi connectivity index (χ4v) is 3.70. The molecule has 11 nitrogen and oxygen atoms in total. The average Bonchev–Trinajstić information content (AvgIpc) is 2.92. The maximum Gasteiger partial charge on any atom is 0.199 e. The minimum Gasteiger partial charge on any atom is -0.224 e. The van der Waals surface area contributed by atoms with E-state index in [0.29, 0.717) is 22.1 Å². The van der Waals surface area contributed by atoms with Crippen molar-refractivity contribution < 1.29 is 0 Å². The fraction of sp³-hybridized carbons (Fsp3) is 0. The molecule has 0 spiro atoms. The van der Waals surface area contributed by atoms with Crippen molar-refractivity contribution in [3.05, 3.63) is 59.2 Å². The van der Waals surface area contributed by atoms with Crippen LogP contribution in [0.5, 0.6) is 0 Å². The maximum atomic E-state index is 9.28. The normalized spacial score (nSPS) is 10.7. The summed E-state index contributed by atoms with van der Waals surface area (Å²) < 4.78 is 0. The lowest BCUT2D eigenvalue weighted by molar-refractivity contribution is 1.14.